The molecule has 0 aliphatic heterocycles. The van der Waals surface area contributed by atoms with E-state index in [0.29, 0.717) is 33.9 Å². The van der Waals surface area contributed by atoms with Crippen molar-refractivity contribution in [2.75, 3.05) is 7.05 Å². The summed E-state index contributed by atoms with van der Waals surface area (Å²) in [5.41, 5.74) is 0.780. The average Bonchev–Trinajstić information content (AvgIpc) is 3.16. The zero-order valence-electron chi connectivity index (χ0n) is 15.4. The molecule has 1 heterocycles. The summed E-state index contributed by atoms with van der Waals surface area (Å²) in [5.74, 6) is 1.04. The second-order valence-electron chi connectivity index (χ2n) is 6.16. The minimum atomic E-state index is -0.663. The molecule has 0 saturated heterocycles. The van der Waals surface area contributed by atoms with E-state index in [-0.39, 0.29) is 12.5 Å². The highest BCUT2D eigenvalue weighted by Gasteiger charge is 2.24. The topological polar surface area (TPSA) is 68.5 Å². The van der Waals surface area contributed by atoms with Gasteiger partial charge >= 0.3 is 0 Å². The fourth-order valence-corrected chi connectivity index (χ4v) is 2.87. The molecule has 6 nitrogen and oxygen atoms in total. The maximum atomic E-state index is 12.8. The summed E-state index contributed by atoms with van der Waals surface area (Å²) in [5, 5.41) is 5.04. The number of benzene rings is 2. The molecule has 0 fully saturated rings. The molecule has 0 N–H and O–H groups in total. The normalized spacial score (nSPS) is 11.9. The van der Waals surface area contributed by atoms with E-state index in [1.807, 2.05) is 6.92 Å². The van der Waals surface area contributed by atoms with Gasteiger partial charge in [0.2, 0.25) is 11.7 Å². The Balaban J connectivity index is 1.66. The lowest BCUT2D eigenvalue weighted by Crippen LogP contribution is -2.39. The van der Waals surface area contributed by atoms with Crippen molar-refractivity contribution >= 4 is 29.1 Å². The third kappa shape index (κ3) is 4.82. The Kier molecular flexibility index (Phi) is 6.54. The van der Waals surface area contributed by atoms with E-state index in [9.17, 15) is 4.79 Å². The van der Waals surface area contributed by atoms with Crippen molar-refractivity contribution in [2.24, 2.45) is 0 Å². The Morgan fingerprint density at radius 2 is 1.89 bits per heavy atom. The highest BCUT2D eigenvalue weighted by Crippen LogP contribution is 2.25. The molecule has 1 unspecified atom stereocenters. The number of rotatable bonds is 7. The van der Waals surface area contributed by atoms with Crippen molar-refractivity contribution in [1.29, 1.82) is 0 Å². The van der Waals surface area contributed by atoms with Gasteiger partial charge in [0.15, 0.2) is 6.10 Å². The van der Waals surface area contributed by atoms with Crippen LogP contribution in [0.4, 0.5) is 0 Å². The number of ether oxygens (including phenoxy) is 1. The summed E-state index contributed by atoms with van der Waals surface area (Å²) < 4.78 is 11.1. The molecule has 0 saturated carbocycles. The number of amides is 1. The van der Waals surface area contributed by atoms with Crippen molar-refractivity contribution in [3.8, 4) is 17.1 Å². The predicted octanol–water partition coefficient (Wildman–Crippen LogP) is 4.86. The van der Waals surface area contributed by atoms with Crippen LogP contribution in [0.25, 0.3) is 11.4 Å². The minimum Gasteiger partial charge on any atom is -0.479 e. The Bertz CT molecular complexity index is 944. The van der Waals surface area contributed by atoms with Crippen LogP contribution in [0, 0.1) is 0 Å². The fraction of sp³-hybridized carbons (Fsp3) is 0.250. The van der Waals surface area contributed by atoms with Gasteiger partial charge < -0.3 is 14.2 Å². The number of nitrogens with zero attached hydrogens (tertiary/aromatic N) is 3. The summed E-state index contributed by atoms with van der Waals surface area (Å²) in [4.78, 5) is 18.6. The SMILES string of the molecule is CCC(Oc1ccccc1Cl)C(=O)N(C)Cc1nc(-c2ccc(Cl)cc2)no1. The van der Waals surface area contributed by atoms with Crippen LogP contribution in [0.2, 0.25) is 10.0 Å². The van der Waals surface area contributed by atoms with Gasteiger partial charge in [-0.25, -0.2) is 0 Å². The molecule has 0 aliphatic rings. The van der Waals surface area contributed by atoms with Crippen LogP contribution in [0.3, 0.4) is 0 Å². The van der Waals surface area contributed by atoms with Crippen LogP contribution in [0.1, 0.15) is 19.2 Å². The second-order valence-corrected chi connectivity index (χ2v) is 7.00. The number of para-hydroxylation sites is 1. The van der Waals surface area contributed by atoms with E-state index < -0.39 is 6.10 Å². The summed E-state index contributed by atoms with van der Waals surface area (Å²) in [7, 11) is 1.66. The number of hydrogen-bond acceptors (Lipinski definition) is 5. The molecular weight excluding hydrogens is 401 g/mol. The summed E-state index contributed by atoms with van der Waals surface area (Å²) >= 11 is 12.0. The van der Waals surface area contributed by atoms with Gasteiger partial charge in [0.05, 0.1) is 11.6 Å². The zero-order valence-corrected chi connectivity index (χ0v) is 16.9. The largest absolute Gasteiger partial charge is 0.479 e. The average molecular weight is 420 g/mol. The van der Waals surface area contributed by atoms with Crippen LogP contribution in [0.5, 0.6) is 5.75 Å². The number of aromatic nitrogens is 2. The Morgan fingerprint density at radius 1 is 1.18 bits per heavy atom. The van der Waals surface area contributed by atoms with Crippen LogP contribution >= 0.6 is 23.2 Å². The van der Waals surface area contributed by atoms with E-state index in [1.165, 1.54) is 4.90 Å². The molecule has 28 heavy (non-hydrogen) atoms. The molecule has 146 valence electrons. The highest BCUT2D eigenvalue weighted by molar-refractivity contribution is 6.32. The molecular formula is C20H19Cl2N3O3. The number of carbonyl (C=O) groups is 1. The first-order chi connectivity index (χ1) is 13.5. The third-order valence-corrected chi connectivity index (χ3v) is 4.64. The standard InChI is InChI=1S/C20H19Cl2N3O3/c1-3-16(27-17-7-5-4-6-15(17)22)20(26)25(2)12-18-23-19(24-28-18)13-8-10-14(21)11-9-13/h4-11,16H,3,12H2,1-2H3. The Labute approximate surface area is 173 Å². The van der Waals surface area contributed by atoms with Gasteiger partial charge in [-0.2, -0.15) is 4.98 Å². The molecule has 0 radical (unpaired) electrons. The first-order valence-corrected chi connectivity index (χ1v) is 9.48. The number of hydrogen-bond donors (Lipinski definition) is 0. The smallest absolute Gasteiger partial charge is 0.263 e. The van der Waals surface area contributed by atoms with Gasteiger partial charge in [-0.05, 0) is 42.8 Å². The van der Waals surface area contributed by atoms with Crippen LogP contribution in [-0.2, 0) is 11.3 Å². The Morgan fingerprint density at radius 3 is 2.57 bits per heavy atom. The molecule has 1 atom stereocenters. The number of likely N-dealkylation sites (N-methyl/N-ethyl adjacent to an activating group) is 1. The lowest BCUT2D eigenvalue weighted by atomic mass is 10.2. The summed E-state index contributed by atoms with van der Waals surface area (Å²) in [6.45, 7) is 2.04. The molecule has 0 aliphatic carbocycles. The maximum absolute atomic E-state index is 12.8. The zero-order chi connectivity index (χ0) is 20.1. The van der Waals surface area contributed by atoms with Crippen LogP contribution in [-0.4, -0.2) is 34.1 Å². The third-order valence-electron chi connectivity index (χ3n) is 4.07. The number of carbonyl (C=O) groups excluding carboxylic acids is 1. The first kappa shape index (κ1) is 20.2. The van der Waals surface area contributed by atoms with Crippen molar-refractivity contribution in [3.05, 3.63) is 64.5 Å². The lowest BCUT2D eigenvalue weighted by molar-refractivity contribution is -0.138. The van der Waals surface area contributed by atoms with Crippen molar-refractivity contribution < 1.29 is 14.1 Å². The number of halogens is 2. The van der Waals surface area contributed by atoms with Crippen LogP contribution in [0.15, 0.2) is 53.1 Å². The summed E-state index contributed by atoms with van der Waals surface area (Å²) in [6, 6.07) is 14.2. The Hall–Kier alpha value is -2.57. The second kappa shape index (κ2) is 9.08. The van der Waals surface area contributed by atoms with Gasteiger partial charge in [-0.1, -0.05) is 47.4 Å². The van der Waals surface area contributed by atoms with Gasteiger partial charge in [-0.15, -0.1) is 0 Å². The van der Waals surface area contributed by atoms with E-state index in [1.54, 1.807) is 55.6 Å². The molecule has 3 rings (SSSR count). The fourth-order valence-electron chi connectivity index (χ4n) is 2.56. The van der Waals surface area contributed by atoms with E-state index in [4.69, 9.17) is 32.5 Å². The van der Waals surface area contributed by atoms with E-state index >= 15 is 0 Å². The first-order valence-electron chi connectivity index (χ1n) is 8.72. The van der Waals surface area contributed by atoms with Gasteiger partial charge in [0.25, 0.3) is 5.91 Å². The molecule has 0 bridgehead atoms. The quantitative estimate of drug-likeness (QED) is 0.546. The molecule has 2 aromatic carbocycles. The highest BCUT2D eigenvalue weighted by atomic mass is 35.5. The molecule has 1 amide bonds. The van der Waals surface area contributed by atoms with Crippen LogP contribution < -0.4 is 4.74 Å². The maximum Gasteiger partial charge on any atom is 0.263 e. The lowest BCUT2D eigenvalue weighted by Gasteiger charge is -2.23. The monoisotopic (exact) mass is 419 g/mol. The van der Waals surface area contributed by atoms with Gasteiger partial charge in [0, 0.05) is 17.6 Å². The summed E-state index contributed by atoms with van der Waals surface area (Å²) in [6.07, 6.45) is -0.169. The van der Waals surface area contributed by atoms with Crippen molar-refractivity contribution in [3.63, 3.8) is 0 Å². The van der Waals surface area contributed by atoms with Gasteiger partial charge in [-0.3, -0.25) is 4.79 Å². The molecule has 3 aromatic rings. The molecule has 8 heteroatoms. The molecule has 1 aromatic heterocycles. The minimum absolute atomic E-state index is 0.168. The van der Waals surface area contributed by atoms with Crippen molar-refractivity contribution in [2.45, 2.75) is 26.0 Å². The predicted molar refractivity (Wildman–Crippen MR) is 107 cm³/mol. The van der Waals surface area contributed by atoms with E-state index in [2.05, 4.69) is 10.1 Å². The van der Waals surface area contributed by atoms with E-state index in [0.717, 1.165) is 5.56 Å². The van der Waals surface area contributed by atoms with Crippen molar-refractivity contribution in [1.82, 2.24) is 15.0 Å². The molecule has 0 spiro atoms. The van der Waals surface area contributed by atoms with Gasteiger partial charge in [0.1, 0.15) is 5.75 Å².